The van der Waals surface area contributed by atoms with Crippen LogP contribution in [-0.4, -0.2) is 125 Å². The number of carboxylic acid groups (broad SMARTS) is 1. The van der Waals surface area contributed by atoms with Gasteiger partial charge >= 0.3 is 11.9 Å². The van der Waals surface area contributed by atoms with E-state index in [0.717, 1.165) is 25.7 Å². The van der Waals surface area contributed by atoms with Crippen molar-refractivity contribution in [2.75, 3.05) is 33.4 Å². The second-order valence-electron chi connectivity index (χ2n) is 11.7. The molecule has 0 amide bonds. The molecule has 0 spiro atoms. The predicted molar refractivity (Wildman–Crippen MR) is 164 cm³/mol. The highest BCUT2D eigenvalue weighted by Gasteiger charge is 2.47. The third kappa shape index (κ3) is 8.46. The van der Waals surface area contributed by atoms with Crippen molar-refractivity contribution < 1.29 is 64.1 Å². The molecule has 1 saturated heterocycles. The van der Waals surface area contributed by atoms with Gasteiger partial charge in [-0.3, -0.25) is 4.99 Å². The Morgan fingerprint density at radius 3 is 2.51 bits per heavy atom. The summed E-state index contributed by atoms with van der Waals surface area (Å²) in [5, 5.41) is 63.1. The number of guanidine groups is 1. The molecule has 4 aliphatic rings. The van der Waals surface area contributed by atoms with E-state index in [-0.39, 0.29) is 48.6 Å². The molecule has 0 aromatic carbocycles. The van der Waals surface area contributed by atoms with Gasteiger partial charge in [0.25, 0.3) is 0 Å². The van der Waals surface area contributed by atoms with Crippen molar-refractivity contribution in [3.05, 3.63) is 59.7 Å². The fourth-order valence-electron chi connectivity index (χ4n) is 6.01. The zero-order chi connectivity index (χ0) is 34.2. The molecule has 2 fully saturated rings. The number of aliphatic hydroxyl groups is 5. The van der Waals surface area contributed by atoms with Crippen molar-refractivity contribution in [1.29, 1.82) is 0 Å². The molecule has 16 heteroatoms. The lowest BCUT2D eigenvalue weighted by atomic mass is 9.83. The number of quaternary nitrogens is 1. The van der Waals surface area contributed by atoms with Gasteiger partial charge in [0.15, 0.2) is 12.2 Å². The van der Waals surface area contributed by atoms with E-state index in [1.807, 2.05) is 0 Å². The van der Waals surface area contributed by atoms with Crippen LogP contribution in [-0.2, 0) is 28.5 Å². The summed E-state index contributed by atoms with van der Waals surface area (Å²) in [6.07, 6.45) is 1.65. The number of nitrogens with two attached hydrogens (primary N) is 1. The first kappa shape index (κ1) is 36.2. The Morgan fingerprint density at radius 2 is 1.89 bits per heavy atom. The van der Waals surface area contributed by atoms with Gasteiger partial charge in [-0.15, -0.1) is 6.58 Å². The third-order valence-electron chi connectivity index (χ3n) is 8.64. The van der Waals surface area contributed by atoms with Crippen LogP contribution in [0, 0.1) is 11.8 Å². The SMILES string of the molecule is C=CC1C(OC2OC(CO)C(O)C(O)C2O)OC=C(C(=O)OC2CCCC2)C1C=CC1=C[NH+](CCO)CC(C(=O)O)=C1NC(N)=NC. The van der Waals surface area contributed by atoms with Crippen molar-refractivity contribution >= 4 is 17.9 Å². The maximum atomic E-state index is 13.5. The van der Waals surface area contributed by atoms with Gasteiger partial charge < -0.3 is 65.5 Å². The van der Waals surface area contributed by atoms with Gasteiger partial charge in [-0.05, 0) is 25.7 Å². The number of hydrogen-bond acceptors (Lipinski definition) is 12. The van der Waals surface area contributed by atoms with Crippen LogP contribution in [0.3, 0.4) is 0 Å². The van der Waals surface area contributed by atoms with E-state index in [4.69, 9.17) is 24.7 Å². The minimum atomic E-state index is -1.71. The lowest BCUT2D eigenvalue weighted by molar-refractivity contribution is -0.843. The first-order valence-corrected chi connectivity index (χ1v) is 15.5. The lowest BCUT2D eigenvalue weighted by Gasteiger charge is -2.42. The van der Waals surface area contributed by atoms with E-state index in [1.54, 1.807) is 18.4 Å². The van der Waals surface area contributed by atoms with Crippen molar-refractivity contribution in [3.8, 4) is 0 Å². The quantitative estimate of drug-likeness (QED) is 0.0441. The van der Waals surface area contributed by atoms with E-state index in [0.29, 0.717) is 10.5 Å². The molecule has 3 heterocycles. The van der Waals surface area contributed by atoms with Crippen LogP contribution >= 0.6 is 0 Å². The lowest BCUT2D eigenvalue weighted by Crippen LogP contribution is -3.09. The fraction of sp³-hybridized carbons (Fsp3) is 0.581. The van der Waals surface area contributed by atoms with Crippen molar-refractivity contribution in [1.82, 2.24) is 5.32 Å². The van der Waals surface area contributed by atoms with Crippen LogP contribution in [0.4, 0.5) is 0 Å². The smallest absolute Gasteiger partial charge is 0.339 e. The summed E-state index contributed by atoms with van der Waals surface area (Å²) in [6.45, 7) is 3.30. The van der Waals surface area contributed by atoms with E-state index < -0.39 is 67.4 Å². The highest BCUT2D eigenvalue weighted by molar-refractivity contribution is 5.92. The Morgan fingerprint density at radius 1 is 1.17 bits per heavy atom. The maximum absolute atomic E-state index is 13.5. The first-order chi connectivity index (χ1) is 22.5. The van der Waals surface area contributed by atoms with Gasteiger partial charge in [-0.1, -0.05) is 18.2 Å². The minimum Gasteiger partial charge on any atom is -0.478 e. The topological polar surface area (TPSA) is 247 Å². The number of ether oxygens (including phenoxy) is 4. The highest BCUT2D eigenvalue weighted by Crippen LogP contribution is 2.37. The van der Waals surface area contributed by atoms with Gasteiger partial charge in [0.2, 0.25) is 6.29 Å². The number of nitrogens with one attached hydrogen (secondary N) is 2. The predicted octanol–water partition coefficient (Wildman–Crippen LogP) is -2.85. The molecule has 4 rings (SSSR count). The number of nitrogens with zero attached hydrogens (tertiary/aromatic N) is 1. The summed E-state index contributed by atoms with van der Waals surface area (Å²) in [5.41, 5.74) is 6.59. The molecule has 0 aromatic rings. The van der Waals surface area contributed by atoms with Gasteiger partial charge in [0.1, 0.15) is 55.4 Å². The molecule has 9 unspecified atom stereocenters. The molecule has 1 aliphatic carbocycles. The zero-order valence-electron chi connectivity index (χ0n) is 26.1. The minimum absolute atomic E-state index is 0.00492. The average Bonchev–Trinajstić information content (AvgIpc) is 3.57. The normalized spacial score (nSPS) is 33.7. The molecule has 16 nitrogen and oxygen atoms in total. The number of hydrogen-bond donors (Lipinski definition) is 9. The maximum Gasteiger partial charge on any atom is 0.339 e. The Balaban J connectivity index is 1.71. The van der Waals surface area contributed by atoms with Gasteiger partial charge in [-0.2, -0.15) is 0 Å². The van der Waals surface area contributed by atoms with E-state index in [2.05, 4.69) is 16.9 Å². The number of aliphatic carboxylic acids is 1. The van der Waals surface area contributed by atoms with Crippen molar-refractivity contribution in [2.45, 2.75) is 68.8 Å². The monoisotopic (exact) mass is 665 g/mol. The Bertz CT molecular complexity index is 1300. The molecule has 0 radical (unpaired) electrons. The molecule has 0 aromatic heterocycles. The molecular formula is C31H45N4O12+. The largest absolute Gasteiger partial charge is 0.478 e. The second kappa shape index (κ2) is 16.5. The molecule has 260 valence electrons. The summed E-state index contributed by atoms with van der Waals surface area (Å²) in [7, 11) is 1.44. The van der Waals surface area contributed by atoms with Gasteiger partial charge in [0.05, 0.1) is 42.2 Å². The summed E-state index contributed by atoms with van der Waals surface area (Å²) in [4.78, 5) is 30.3. The van der Waals surface area contributed by atoms with Gasteiger partial charge in [-0.25, -0.2) is 9.59 Å². The number of carboxylic acids is 1. The van der Waals surface area contributed by atoms with Crippen LogP contribution in [0.5, 0.6) is 0 Å². The number of rotatable bonds is 12. The molecule has 0 bridgehead atoms. The van der Waals surface area contributed by atoms with Gasteiger partial charge in [0, 0.05) is 13.0 Å². The molecular weight excluding hydrogens is 620 g/mol. The molecule has 3 aliphatic heterocycles. The van der Waals surface area contributed by atoms with Crippen LogP contribution in [0.25, 0.3) is 0 Å². The molecule has 9 atom stereocenters. The van der Waals surface area contributed by atoms with E-state index >= 15 is 0 Å². The fourth-order valence-corrected chi connectivity index (χ4v) is 6.01. The number of aliphatic imine (C=N–C) groups is 1. The summed E-state index contributed by atoms with van der Waals surface area (Å²) >= 11 is 0. The number of aliphatic hydroxyl groups excluding tert-OH is 5. The van der Waals surface area contributed by atoms with E-state index in [9.17, 15) is 40.2 Å². The van der Waals surface area contributed by atoms with Crippen LogP contribution in [0.15, 0.2) is 64.7 Å². The van der Waals surface area contributed by atoms with Crippen LogP contribution in [0.2, 0.25) is 0 Å². The average molecular weight is 666 g/mol. The number of carbonyl (C=O) groups excluding carboxylic acids is 1. The zero-order valence-corrected chi connectivity index (χ0v) is 26.1. The number of carbonyl (C=O) groups is 2. The molecule has 1 saturated carbocycles. The third-order valence-corrected chi connectivity index (χ3v) is 8.64. The molecule has 47 heavy (non-hydrogen) atoms. The number of allylic oxidation sites excluding steroid dienone is 2. The van der Waals surface area contributed by atoms with Crippen LogP contribution < -0.4 is 16.0 Å². The Kier molecular flexibility index (Phi) is 12.7. The number of esters is 1. The Labute approximate surface area is 271 Å². The summed E-state index contributed by atoms with van der Waals surface area (Å²) in [5.74, 6) is -3.53. The summed E-state index contributed by atoms with van der Waals surface area (Å²) in [6, 6.07) is 0. The van der Waals surface area contributed by atoms with E-state index in [1.165, 1.54) is 19.4 Å². The van der Waals surface area contributed by atoms with Crippen molar-refractivity contribution in [2.24, 2.45) is 22.6 Å². The first-order valence-electron chi connectivity index (χ1n) is 15.5. The summed E-state index contributed by atoms with van der Waals surface area (Å²) < 4.78 is 23.0. The molecule has 10 N–H and O–H groups in total. The highest BCUT2D eigenvalue weighted by atomic mass is 16.8. The van der Waals surface area contributed by atoms with Crippen molar-refractivity contribution in [3.63, 3.8) is 0 Å². The standard InChI is InChI=1S/C31H44N4O12/c1-3-18-19(9-8-16-12-35(10-11-36)13-20(27(41)42)23(16)34-31(32)33-2)21(28(43)45-17-6-4-5-7-17)15-44-29(18)47-30-26(40)25(39)24(38)22(14-37)46-30/h3,8-9,12,15,17-19,22,24-26,29-30,36-40H,1,4-7,10-11,13-14H2,2H3,(H,41,42)(H3,32,33,34)/p+1. The Hall–Kier alpha value is -3.61. The van der Waals surface area contributed by atoms with Crippen LogP contribution in [0.1, 0.15) is 25.7 Å². The second-order valence-corrected chi connectivity index (χ2v) is 11.7.